The zero-order valence-electron chi connectivity index (χ0n) is 10.4. The van der Waals surface area contributed by atoms with Gasteiger partial charge in [0, 0.05) is 37.0 Å². The van der Waals surface area contributed by atoms with Gasteiger partial charge in [-0.05, 0) is 37.0 Å². The lowest BCUT2D eigenvalue weighted by Gasteiger charge is -2.23. The van der Waals surface area contributed by atoms with Crippen molar-refractivity contribution in [3.8, 4) is 0 Å². The van der Waals surface area contributed by atoms with Crippen molar-refractivity contribution in [2.75, 3.05) is 36.9 Å². The van der Waals surface area contributed by atoms with Crippen molar-refractivity contribution in [1.29, 1.82) is 0 Å². The van der Waals surface area contributed by atoms with Gasteiger partial charge in [-0.15, -0.1) is 0 Å². The maximum Gasteiger partial charge on any atom is 0.0512 e. The zero-order chi connectivity index (χ0) is 11.8. The summed E-state index contributed by atoms with van der Waals surface area (Å²) in [5.41, 5.74) is 10.9. The summed E-state index contributed by atoms with van der Waals surface area (Å²) in [5.74, 6) is 0.698. The number of nitrogens with zero attached hydrogens (tertiary/aromatic N) is 1. The summed E-state index contributed by atoms with van der Waals surface area (Å²) in [6.07, 6.45) is 2.36. The Kier molecular flexibility index (Phi) is 2.71. The van der Waals surface area contributed by atoms with E-state index in [1.807, 2.05) is 0 Å². The van der Waals surface area contributed by atoms with Crippen LogP contribution in [0.5, 0.6) is 0 Å². The first kappa shape index (κ1) is 10.9. The molecule has 2 aliphatic rings. The molecule has 3 nitrogen and oxygen atoms in total. The van der Waals surface area contributed by atoms with Crippen LogP contribution < -0.4 is 10.6 Å². The molecule has 0 aromatic heterocycles. The van der Waals surface area contributed by atoms with Crippen LogP contribution in [0.3, 0.4) is 0 Å². The summed E-state index contributed by atoms with van der Waals surface area (Å²) < 4.78 is 5.45. The monoisotopic (exact) mass is 232 g/mol. The van der Waals surface area contributed by atoms with Crippen LogP contribution in [0.15, 0.2) is 12.1 Å². The number of hydrogen-bond acceptors (Lipinski definition) is 3. The Morgan fingerprint density at radius 3 is 3.12 bits per heavy atom. The molecule has 0 aliphatic carbocycles. The van der Waals surface area contributed by atoms with Crippen molar-refractivity contribution in [3.05, 3.63) is 23.3 Å². The molecule has 1 aromatic rings. The van der Waals surface area contributed by atoms with E-state index < -0.39 is 0 Å². The molecular formula is C14H20N2O. The molecule has 0 radical (unpaired) electrons. The van der Waals surface area contributed by atoms with Gasteiger partial charge in [-0.1, -0.05) is 6.07 Å². The molecule has 1 atom stereocenters. The smallest absolute Gasteiger partial charge is 0.0512 e. The van der Waals surface area contributed by atoms with Gasteiger partial charge in [-0.25, -0.2) is 0 Å². The molecule has 3 heteroatoms. The van der Waals surface area contributed by atoms with Crippen LogP contribution in [-0.2, 0) is 11.2 Å². The molecule has 1 unspecified atom stereocenters. The van der Waals surface area contributed by atoms with Gasteiger partial charge in [0.25, 0.3) is 0 Å². The molecular weight excluding hydrogens is 212 g/mol. The van der Waals surface area contributed by atoms with E-state index in [1.165, 1.54) is 23.2 Å². The molecule has 17 heavy (non-hydrogen) atoms. The normalized spacial score (nSPS) is 23.1. The van der Waals surface area contributed by atoms with Crippen LogP contribution in [0.1, 0.15) is 17.5 Å². The predicted molar refractivity (Wildman–Crippen MR) is 70.4 cm³/mol. The highest BCUT2D eigenvalue weighted by atomic mass is 16.5. The number of benzene rings is 1. The SMILES string of the molecule is Cc1cc2c(cc1N)N(CC1CCOC1)CC2. The molecule has 0 spiro atoms. The number of nitrogens with two attached hydrogens (primary N) is 1. The van der Waals surface area contributed by atoms with Crippen molar-refractivity contribution in [3.63, 3.8) is 0 Å². The first-order valence-electron chi connectivity index (χ1n) is 6.46. The van der Waals surface area contributed by atoms with E-state index in [0.717, 1.165) is 38.4 Å². The summed E-state index contributed by atoms with van der Waals surface area (Å²) in [5, 5.41) is 0. The molecule has 0 saturated carbocycles. The average molecular weight is 232 g/mol. The predicted octanol–water partition coefficient (Wildman–Crippen LogP) is 1.98. The third kappa shape index (κ3) is 2.00. The van der Waals surface area contributed by atoms with Gasteiger partial charge in [0.05, 0.1) is 6.61 Å². The van der Waals surface area contributed by atoms with Crippen LogP contribution >= 0.6 is 0 Å². The second-order valence-corrected chi connectivity index (χ2v) is 5.26. The number of ether oxygens (including phenoxy) is 1. The molecule has 92 valence electrons. The summed E-state index contributed by atoms with van der Waals surface area (Å²) in [6.45, 7) is 6.20. The molecule has 1 fully saturated rings. The van der Waals surface area contributed by atoms with Gasteiger partial charge >= 0.3 is 0 Å². The first-order valence-corrected chi connectivity index (χ1v) is 6.46. The topological polar surface area (TPSA) is 38.5 Å². The molecule has 0 bridgehead atoms. The fourth-order valence-electron chi connectivity index (χ4n) is 2.87. The number of hydrogen-bond donors (Lipinski definition) is 1. The molecule has 0 amide bonds. The number of aryl methyl sites for hydroxylation is 1. The van der Waals surface area contributed by atoms with Crippen molar-refractivity contribution in [1.82, 2.24) is 0 Å². The standard InChI is InChI=1S/C14H20N2O/c1-10-6-12-2-4-16(14(12)7-13(10)15)8-11-3-5-17-9-11/h6-7,11H,2-5,8-9,15H2,1H3. The molecule has 2 aliphatic heterocycles. The highest BCUT2D eigenvalue weighted by Crippen LogP contribution is 2.33. The van der Waals surface area contributed by atoms with E-state index in [4.69, 9.17) is 10.5 Å². The lowest BCUT2D eigenvalue weighted by atomic mass is 10.1. The molecule has 1 saturated heterocycles. The Bertz CT molecular complexity index is 424. The van der Waals surface area contributed by atoms with Crippen molar-refractivity contribution >= 4 is 11.4 Å². The maximum atomic E-state index is 6.01. The third-order valence-corrected chi connectivity index (χ3v) is 3.96. The van der Waals surface area contributed by atoms with Gasteiger partial charge in [0.2, 0.25) is 0 Å². The van der Waals surface area contributed by atoms with E-state index in [1.54, 1.807) is 0 Å². The Balaban J connectivity index is 1.80. The van der Waals surface area contributed by atoms with Gasteiger partial charge in [-0.2, -0.15) is 0 Å². The fourth-order valence-corrected chi connectivity index (χ4v) is 2.87. The van der Waals surface area contributed by atoms with Crippen LogP contribution in [0.25, 0.3) is 0 Å². The van der Waals surface area contributed by atoms with Gasteiger partial charge in [-0.3, -0.25) is 0 Å². The number of anilines is 2. The first-order chi connectivity index (χ1) is 8.24. The summed E-state index contributed by atoms with van der Waals surface area (Å²) in [4.78, 5) is 2.48. The summed E-state index contributed by atoms with van der Waals surface area (Å²) >= 11 is 0. The van der Waals surface area contributed by atoms with Gasteiger partial charge < -0.3 is 15.4 Å². The fraction of sp³-hybridized carbons (Fsp3) is 0.571. The minimum Gasteiger partial charge on any atom is -0.398 e. The van der Waals surface area contributed by atoms with E-state index in [-0.39, 0.29) is 0 Å². The molecule has 2 heterocycles. The number of fused-ring (bicyclic) bond motifs is 1. The minimum absolute atomic E-state index is 0.698. The van der Waals surface area contributed by atoms with Crippen LogP contribution in [0, 0.1) is 12.8 Å². The van der Waals surface area contributed by atoms with E-state index in [0.29, 0.717) is 5.92 Å². The third-order valence-electron chi connectivity index (χ3n) is 3.96. The van der Waals surface area contributed by atoms with E-state index in [2.05, 4.69) is 24.0 Å². The highest BCUT2D eigenvalue weighted by molar-refractivity contribution is 5.67. The average Bonchev–Trinajstić information content (AvgIpc) is 2.92. The zero-order valence-corrected chi connectivity index (χ0v) is 10.4. The highest BCUT2D eigenvalue weighted by Gasteiger charge is 2.24. The van der Waals surface area contributed by atoms with Crippen LogP contribution in [0.4, 0.5) is 11.4 Å². The van der Waals surface area contributed by atoms with E-state index in [9.17, 15) is 0 Å². The quantitative estimate of drug-likeness (QED) is 0.792. The van der Waals surface area contributed by atoms with Crippen molar-refractivity contribution < 1.29 is 4.74 Å². The van der Waals surface area contributed by atoms with Gasteiger partial charge in [0.1, 0.15) is 0 Å². The Hall–Kier alpha value is -1.22. The lowest BCUT2D eigenvalue weighted by molar-refractivity contribution is 0.186. The summed E-state index contributed by atoms with van der Waals surface area (Å²) in [7, 11) is 0. The Morgan fingerprint density at radius 1 is 1.47 bits per heavy atom. The maximum absolute atomic E-state index is 6.01. The summed E-state index contributed by atoms with van der Waals surface area (Å²) in [6, 6.07) is 4.39. The molecule has 3 rings (SSSR count). The number of rotatable bonds is 2. The van der Waals surface area contributed by atoms with Gasteiger partial charge in [0.15, 0.2) is 0 Å². The lowest BCUT2D eigenvalue weighted by Crippen LogP contribution is -2.28. The molecule has 2 N–H and O–H groups in total. The van der Waals surface area contributed by atoms with E-state index >= 15 is 0 Å². The molecule has 1 aromatic carbocycles. The second kappa shape index (κ2) is 4.22. The number of nitrogen functional groups attached to an aromatic ring is 1. The minimum atomic E-state index is 0.698. The Morgan fingerprint density at radius 2 is 2.35 bits per heavy atom. The largest absolute Gasteiger partial charge is 0.398 e. The van der Waals surface area contributed by atoms with Crippen molar-refractivity contribution in [2.45, 2.75) is 19.8 Å². The van der Waals surface area contributed by atoms with Crippen LogP contribution in [-0.4, -0.2) is 26.3 Å². The Labute approximate surface area is 103 Å². The van der Waals surface area contributed by atoms with Crippen LogP contribution in [0.2, 0.25) is 0 Å². The second-order valence-electron chi connectivity index (χ2n) is 5.26. The van der Waals surface area contributed by atoms with Crippen molar-refractivity contribution in [2.24, 2.45) is 5.92 Å².